The molecule has 2 unspecified atom stereocenters. The van der Waals surface area contributed by atoms with Crippen molar-refractivity contribution in [1.82, 2.24) is 14.8 Å². The van der Waals surface area contributed by atoms with E-state index in [1.807, 2.05) is 0 Å². The van der Waals surface area contributed by atoms with Crippen molar-refractivity contribution in [3.8, 4) is 17.2 Å². The number of phenolic OH excluding ortho intramolecular Hbond substituents is 2. The minimum absolute atomic E-state index is 0.0345. The maximum absolute atomic E-state index is 14.7. The highest BCUT2D eigenvalue weighted by Gasteiger charge is 2.50. The SMILES string of the molecule is C/C1=C/C=C/C(C)[C@H](O)CC(O)C[C@H](OC(=O)CC(=O)N2CCC(Nc3ccncc3Cl)CC2)CC/C=C/O[C@@]2(C)Oc3c(C)c(O)c4c(O)c(c5c(c4c3C2=O)=NC2(CCN(CC(C)C)CC2)N=5)NC1=O. The highest BCUT2D eigenvalue weighted by atomic mass is 35.5. The van der Waals surface area contributed by atoms with Crippen molar-refractivity contribution in [3.05, 3.63) is 81.5 Å². The van der Waals surface area contributed by atoms with Crippen LogP contribution in [0.25, 0.3) is 10.8 Å². The Kier molecular flexibility index (Phi) is 15.6. The number of ether oxygens (including phenoxy) is 3. The number of aliphatic hydroxyl groups is 2. The molecule has 5 bridgehead atoms. The molecule has 18 nitrogen and oxygen atoms in total. The van der Waals surface area contributed by atoms with Crippen LogP contribution in [0.4, 0.5) is 11.4 Å². The number of hydrogen-bond acceptors (Lipinski definition) is 16. The monoisotopic (exact) mass is 1010 g/mol. The topological polar surface area (TPSA) is 245 Å². The van der Waals surface area contributed by atoms with Crippen molar-refractivity contribution in [2.75, 3.05) is 43.4 Å². The van der Waals surface area contributed by atoms with E-state index in [0.29, 0.717) is 62.8 Å². The Morgan fingerprint density at radius 2 is 1.74 bits per heavy atom. The van der Waals surface area contributed by atoms with Gasteiger partial charge >= 0.3 is 11.8 Å². The zero-order valence-electron chi connectivity index (χ0n) is 41.7. The largest absolute Gasteiger partial charge is 0.507 e. The number of aromatic nitrogens is 1. The van der Waals surface area contributed by atoms with Gasteiger partial charge in [-0.05, 0) is 64.0 Å². The number of halogens is 1. The number of hydrogen-bond donors (Lipinski definition) is 6. The summed E-state index contributed by atoms with van der Waals surface area (Å²) in [6.45, 7) is 13.8. The molecule has 2 fully saturated rings. The molecule has 6 aliphatic rings. The van der Waals surface area contributed by atoms with Crippen molar-refractivity contribution in [1.29, 1.82) is 0 Å². The van der Waals surface area contributed by atoms with Crippen LogP contribution in [0.3, 0.4) is 0 Å². The second-order valence-electron chi connectivity index (χ2n) is 20.4. The van der Waals surface area contributed by atoms with E-state index < -0.39 is 65.5 Å². The van der Waals surface area contributed by atoms with Crippen molar-refractivity contribution in [2.24, 2.45) is 21.8 Å². The fraction of sp³-hybridized carbons (Fsp3) is 0.528. The van der Waals surface area contributed by atoms with E-state index in [0.717, 1.165) is 12.2 Å². The fourth-order valence-corrected chi connectivity index (χ4v) is 10.3. The number of esters is 1. The number of likely N-dealkylation sites (tertiary alicyclic amines) is 2. The third-order valence-electron chi connectivity index (χ3n) is 14.3. The van der Waals surface area contributed by atoms with Crippen LogP contribution in [0.5, 0.6) is 17.2 Å². The van der Waals surface area contributed by atoms with Crippen LogP contribution < -0.4 is 26.1 Å². The summed E-state index contributed by atoms with van der Waals surface area (Å²) in [6.07, 6.45) is 10.1. The fourth-order valence-electron chi connectivity index (χ4n) is 10.2. The maximum Gasteiger partial charge on any atom is 0.315 e. The molecule has 19 heteroatoms. The molecule has 2 aromatic carbocycles. The first-order chi connectivity index (χ1) is 34.3. The number of anilines is 2. The number of phenols is 2. The first-order valence-corrected chi connectivity index (χ1v) is 25.3. The Morgan fingerprint density at radius 1 is 1.01 bits per heavy atom. The number of pyridine rings is 1. The molecular formula is C53H66ClN7O11. The number of rotatable bonds is 7. The molecule has 5 atom stereocenters. The van der Waals surface area contributed by atoms with Gasteiger partial charge in [-0.25, -0.2) is 0 Å². The second kappa shape index (κ2) is 21.6. The molecule has 1 spiro atoms. The number of amides is 2. The molecule has 7 heterocycles. The van der Waals surface area contributed by atoms with Crippen LogP contribution in [0.15, 0.2) is 64.6 Å². The Labute approximate surface area is 423 Å². The van der Waals surface area contributed by atoms with Crippen molar-refractivity contribution in [2.45, 2.75) is 135 Å². The van der Waals surface area contributed by atoms with Gasteiger partial charge in [0.2, 0.25) is 5.91 Å². The lowest BCUT2D eigenvalue weighted by Crippen LogP contribution is -2.43. The van der Waals surface area contributed by atoms with Gasteiger partial charge in [0.05, 0.1) is 45.5 Å². The number of fused-ring (bicyclic) bond motifs is 13. The molecule has 0 saturated carbocycles. The van der Waals surface area contributed by atoms with Crippen LogP contribution in [0, 0.1) is 18.8 Å². The van der Waals surface area contributed by atoms with Gasteiger partial charge in [0.25, 0.3) is 11.7 Å². The molecule has 6 aliphatic heterocycles. The van der Waals surface area contributed by atoms with Crippen molar-refractivity contribution >= 4 is 57.3 Å². The molecule has 9 rings (SSSR count). The second-order valence-corrected chi connectivity index (χ2v) is 20.8. The Hall–Kier alpha value is -6.08. The number of nitrogens with one attached hydrogen (secondary N) is 2. The number of aromatic hydroxyl groups is 2. The number of nitrogens with zero attached hydrogens (tertiary/aromatic N) is 5. The van der Waals surface area contributed by atoms with Gasteiger partial charge in [-0.2, -0.15) is 0 Å². The van der Waals surface area contributed by atoms with E-state index in [2.05, 4.69) is 34.4 Å². The van der Waals surface area contributed by atoms with E-state index in [-0.39, 0.29) is 93.0 Å². The molecule has 0 radical (unpaired) electrons. The predicted octanol–water partition coefficient (Wildman–Crippen LogP) is 5.91. The first-order valence-electron chi connectivity index (χ1n) is 24.9. The van der Waals surface area contributed by atoms with Gasteiger partial charge in [0.1, 0.15) is 35.1 Å². The minimum Gasteiger partial charge on any atom is -0.507 e. The number of aliphatic hydroxyl groups excluding tert-OH is 2. The van der Waals surface area contributed by atoms with E-state index in [4.69, 9.17) is 35.8 Å². The molecular weight excluding hydrogens is 946 g/mol. The van der Waals surface area contributed by atoms with Crippen molar-refractivity contribution in [3.63, 3.8) is 0 Å². The van der Waals surface area contributed by atoms with Gasteiger partial charge in [0.15, 0.2) is 11.4 Å². The summed E-state index contributed by atoms with van der Waals surface area (Å²) in [5.41, 5.74) is 0.148. The van der Waals surface area contributed by atoms with Crippen LogP contribution in [0.1, 0.15) is 108 Å². The minimum atomic E-state index is -1.94. The van der Waals surface area contributed by atoms with Gasteiger partial charge in [-0.15, -0.1) is 0 Å². The number of carbonyl (C=O) groups is 4. The number of piperidine rings is 2. The summed E-state index contributed by atoms with van der Waals surface area (Å²) >= 11 is 6.27. The molecule has 1 aromatic heterocycles. The molecule has 3 aromatic rings. The third-order valence-corrected chi connectivity index (χ3v) is 14.6. The molecule has 2 amide bonds. The number of benzene rings is 2. The Morgan fingerprint density at radius 3 is 2.44 bits per heavy atom. The lowest BCUT2D eigenvalue weighted by molar-refractivity contribution is -0.155. The quantitative estimate of drug-likeness (QED) is 0.0916. The van der Waals surface area contributed by atoms with E-state index in [9.17, 15) is 39.6 Å². The maximum atomic E-state index is 14.7. The molecule has 72 heavy (non-hydrogen) atoms. The summed E-state index contributed by atoms with van der Waals surface area (Å²) in [6, 6.07) is 1.86. The zero-order valence-corrected chi connectivity index (χ0v) is 42.5. The zero-order chi connectivity index (χ0) is 51.6. The Bertz CT molecular complexity index is 2840. The average Bonchev–Trinajstić information content (AvgIpc) is 3.83. The predicted molar refractivity (Wildman–Crippen MR) is 269 cm³/mol. The summed E-state index contributed by atoms with van der Waals surface area (Å²) < 4.78 is 18.2. The number of carbonyl (C=O) groups excluding carboxylic acids is 4. The van der Waals surface area contributed by atoms with Gasteiger partial charge in [-0.3, -0.25) is 34.1 Å². The van der Waals surface area contributed by atoms with Crippen LogP contribution >= 0.6 is 11.6 Å². The molecule has 0 aliphatic carbocycles. The summed E-state index contributed by atoms with van der Waals surface area (Å²) in [5, 5.41) is 53.5. The normalized spacial score (nSPS) is 26.8. The van der Waals surface area contributed by atoms with Gasteiger partial charge in [0, 0.05) is 99.8 Å². The number of allylic oxidation sites excluding steroid dienone is 3. The summed E-state index contributed by atoms with van der Waals surface area (Å²) in [7, 11) is 0. The first kappa shape index (κ1) is 52.2. The average molecular weight is 1010 g/mol. The van der Waals surface area contributed by atoms with E-state index >= 15 is 0 Å². The molecule has 6 N–H and O–H groups in total. The summed E-state index contributed by atoms with van der Waals surface area (Å²) in [5.74, 6) is -5.14. The highest BCUT2D eigenvalue weighted by Crippen LogP contribution is 2.50. The lowest BCUT2D eigenvalue weighted by Gasteiger charge is -2.36. The van der Waals surface area contributed by atoms with Crippen molar-refractivity contribution < 1.29 is 53.8 Å². The molecule has 2 saturated heterocycles. The van der Waals surface area contributed by atoms with Crippen LogP contribution in [-0.4, -0.2) is 127 Å². The lowest BCUT2D eigenvalue weighted by atomic mass is 9.93. The van der Waals surface area contributed by atoms with Gasteiger partial charge < -0.3 is 55.1 Å². The number of Topliss-reactive ketones (excluding diaryl/α,β-unsaturated/α-hetero) is 1. The van der Waals surface area contributed by atoms with E-state index in [1.165, 1.54) is 13.2 Å². The standard InChI is InChI=1S/C53H66ClN7O11/c1-29(2)28-60-21-16-53(17-22-60)58-44-41-42-47(66)32(5)49-43(41)50(68)52(6,72-49)70-23-8-7-12-35(71-40(65)26-39(64)61-19-14-33(15-20-61)56-37-13-18-55-27-36(37)54)24-34(62)25-38(63)30(3)10-9-11-31(4)51(69)57-46(48(42)67)45(44)59-53/h8-11,13,18,23,27,29-30,33-35,38,62-63,66-67H,7,12,14-17,19-22,24-26,28H2,1-6H3,(H,55,56)(H,57,69)/b10-9+,23-8+,31-11-/t30?,34?,35-,38-,52+/m1/s1. The smallest absolute Gasteiger partial charge is 0.315 e. The van der Waals surface area contributed by atoms with E-state index in [1.54, 1.807) is 68.4 Å². The molecule has 386 valence electrons. The third kappa shape index (κ3) is 11.1. The highest BCUT2D eigenvalue weighted by molar-refractivity contribution is 6.33. The van der Waals surface area contributed by atoms with Crippen LogP contribution in [0.2, 0.25) is 5.02 Å². The van der Waals surface area contributed by atoms with Gasteiger partial charge in [-0.1, -0.05) is 50.6 Å². The van der Waals surface area contributed by atoms with Crippen LogP contribution in [-0.2, 0) is 23.9 Å². The Balaban J connectivity index is 1.06. The summed E-state index contributed by atoms with van der Waals surface area (Å²) in [4.78, 5) is 73.7. The number of ketones is 1.